The number of nitrogens with two attached hydrogens (primary N) is 1. The van der Waals surface area contributed by atoms with Gasteiger partial charge in [0, 0.05) is 11.0 Å². The molecule has 78 valence electrons. The first-order valence-electron chi connectivity index (χ1n) is 3.79. The summed E-state index contributed by atoms with van der Waals surface area (Å²) in [4.78, 5) is 2.36. The van der Waals surface area contributed by atoms with Crippen LogP contribution in [0.2, 0.25) is 0 Å². The minimum absolute atomic E-state index is 0. The van der Waals surface area contributed by atoms with E-state index < -0.39 is 0 Å². The van der Waals surface area contributed by atoms with Crippen molar-refractivity contribution >= 4 is 27.8 Å². The van der Waals surface area contributed by atoms with E-state index >= 15 is 0 Å². The van der Waals surface area contributed by atoms with Crippen molar-refractivity contribution in [1.82, 2.24) is 0 Å². The SMILES string of the molecule is CSc1cccc([S+](C)C(=N)N)c1.[I-]. The normalized spacial score (nSPS) is 11.6. The highest BCUT2D eigenvalue weighted by molar-refractivity contribution is 8.10. The minimum atomic E-state index is -0.249. The first kappa shape index (κ1) is 14.1. The zero-order valence-corrected chi connectivity index (χ0v) is 11.9. The second-order valence-corrected chi connectivity index (χ2v) is 5.37. The Morgan fingerprint density at radius 2 is 2.14 bits per heavy atom. The van der Waals surface area contributed by atoms with E-state index in [0.29, 0.717) is 0 Å². The summed E-state index contributed by atoms with van der Waals surface area (Å²) in [5.74, 6) is 0. The van der Waals surface area contributed by atoms with Crippen LogP contribution in [0.3, 0.4) is 0 Å². The van der Waals surface area contributed by atoms with Gasteiger partial charge < -0.3 is 29.7 Å². The van der Waals surface area contributed by atoms with Crippen LogP contribution in [0, 0.1) is 5.41 Å². The van der Waals surface area contributed by atoms with E-state index in [2.05, 4.69) is 12.1 Å². The third kappa shape index (κ3) is 3.70. The molecule has 3 N–H and O–H groups in total. The molecule has 0 heterocycles. The molecule has 0 aliphatic heterocycles. The maximum absolute atomic E-state index is 7.35. The summed E-state index contributed by atoms with van der Waals surface area (Å²) in [5, 5.41) is 7.60. The topological polar surface area (TPSA) is 49.9 Å². The lowest BCUT2D eigenvalue weighted by Crippen LogP contribution is -3.00. The number of hydrogen-bond donors (Lipinski definition) is 2. The molecule has 1 rings (SSSR count). The van der Waals surface area contributed by atoms with Crippen molar-refractivity contribution < 1.29 is 24.0 Å². The summed E-state index contributed by atoms with van der Waals surface area (Å²) in [6, 6.07) is 8.18. The first-order valence-corrected chi connectivity index (χ1v) is 6.65. The zero-order valence-electron chi connectivity index (χ0n) is 8.08. The van der Waals surface area contributed by atoms with E-state index in [0.717, 1.165) is 4.90 Å². The molecule has 0 amide bonds. The van der Waals surface area contributed by atoms with Gasteiger partial charge in [0.1, 0.15) is 6.26 Å². The second-order valence-electron chi connectivity index (χ2n) is 2.55. The van der Waals surface area contributed by atoms with Gasteiger partial charge in [0.2, 0.25) is 0 Å². The molecule has 0 bridgehead atoms. The summed E-state index contributed by atoms with van der Waals surface area (Å²) >= 11 is 1.71. The average Bonchev–Trinajstić information content (AvgIpc) is 2.16. The van der Waals surface area contributed by atoms with Crippen LogP contribution in [0.15, 0.2) is 34.1 Å². The Labute approximate surface area is 109 Å². The Hall–Kier alpha value is 0.120. The molecule has 0 aliphatic carbocycles. The Morgan fingerprint density at radius 1 is 1.50 bits per heavy atom. The maximum atomic E-state index is 7.35. The highest BCUT2D eigenvalue weighted by Crippen LogP contribution is 2.19. The van der Waals surface area contributed by atoms with Crippen LogP contribution in [0.1, 0.15) is 0 Å². The largest absolute Gasteiger partial charge is 1.00 e. The van der Waals surface area contributed by atoms with E-state index in [4.69, 9.17) is 11.1 Å². The summed E-state index contributed by atoms with van der Waals surface area (Å²) < 4.78 is 0. The van der Waals surface area contributed by atoms with Crippen LogP contribution in [0.25, 0.3) is 0 Å². The lowest BCUT2D eigenvalue weighted by Gasteiger charge is -2.00. The highest BCUT2D eigenvalue weighted by Gasteiger charge is 2.19. The zero-order chi connectivity index (χ0) is 9.84. The summed E-state index contributed by atoms with van der Waals surface area (Å²) in [6.45, 7) is 0. The van der Waals surface area contributed by atoms with Crippen molar-refractivity contribution in [2.24, 2.45) is 5.73 Å². The molecular weight excluding hydrogens is 327 g/mol. The molecule has 1 unspecified atom stereocenters. The van der Waals surface area contributed by atoms with Gasteiger partial charge in [0.05, 0.1) is 10.9 Å². The number of halogens is 1. The Morgan fingerprint density at radius 3 is 2.64 bits per heavy atom. The van der Waals surface area contributed by atoms with Crippen LogP contribution in [0.5, 0.6) is 0 Å². The van der Waals surface area contributed by atoms with Crippen molar-refractivity contribution in [1.29, 1.82) is 5.41 Å². The fraction of sp³-hybridized carbons (Fsp3) is 0.222. The van der Waals surface area contributed by atoms with Gasteiger partial charge >= 0.3 is 5.17 Å². The van der Waals surface area contributed by atoms with Crippen molar-refractivity contribution in [2.75, 3.05) is 12.5 Å². The number of amidine groups is 1. The van der Waals surface area contributed by atoms with Crippen molar-refractivity contribution in [3.63, 3.8) is 0 Å². The number of hydrogen-bond acceptors (Lipinski definition) is 2. The van der Waals surface area contributed by atoms with Gasteiger partial charge in [-0.2, -0.15) is 0 Å². The lowest BCUT2D eigenvalue weighted by molar-refractivity contribution is -0.00000305. The van der Waals surface area contributed by atoms with Gasteiger partial charge in [-0.25, -0.2) is 5.41 Å². The molecule has 0 fully saturated rings. The quantitative estimate of drug-likeness (QED) is 0.236. The van der Waals surface area contributed by atoms with Crippen molar-refractivity contribution in [3.05, 3.63) is 24.3 Å². The van der Waals surface area contributed by atoms with E-state index in [-0.39, 0.29) is 40.0 Å². The lowest BCUT2D eigenvalue weighted by atomic mass is 10.4. The predicted molar refractivity (Wildman–Crippen MR) is 61.7 cm³/mol. The van der Waals surface area contributed by atoms with Crippen molar-refractivity contribution in [2.45, 2.75) is 9.79 Å². The smallest absolute Gasteiger partial charge is 0.314 e. The molecule has 1 atom stereocenters. The van der Waals surface area contributed by atoms with Gasteiger partial charge in [-0.1, -0.05) is 6.07 Å². The monoisotopic (exact) mass is 340 g/mol. The summed E-state index contributed by atoms with van der Waals surface area (Å²) in [6.07, 6.45) is 4.02. The molecule has 0 saturated carbocycles. The van der Waals surface area contributed by atoms with Gasteiger partial charge in [-0.3, -0.25) is 0 Å². The average molecular weight is 340 g/mol. The molecule has 2 nitrogen and oxygen atoms in total. The molecule has 0 spiro atoms. The third-order valence-electron chi connectivity index (χ3n) is 1.72. The highest BCUT2D eigenvalue weighted by atomic mass is 127. The van der Waals surface area contributed by atoms with Crippen LogP contribution in [-0.4, -0.2) is 17.7 Å². The predicted octanol–water partition coefficient (Wildman–Crippen LogP) is -1.09. The van der Waals surface area contributed by atoms with E-state index in [1.165, 1.54) is 4.90 Å². The van der Waals surface area contributed by atoms with Crippen LogP contribution < -0.4 is 29.7 Å². The fourth-order valence-corrected chi connectivity index (χ4v) is 2.29. The third-order valence-corrected chi connectivity index (χ3v) is 4.07. The molecule has 5 heteroatoms. The Balaban J connectivity index is 0.00000169. The molecule has 1 aromatic carbocycles. The molecule has 14 heavy (non-hydrogen) atoms. The molecule has 0 radical (unpaired) electrons. The number of rotatable bonds is 2. The van der Waals surface area contributed by atoms with Crippen LogP contribution >= 0.6 is 11.8 Å². The van der Waals surface area contributed by atoms with Crippen LogP contribution in [-0.2, 0) is 10.9 Å². The van der Waals surface area contributed by atoms with E-state index in [1.54, 1.807) is 11.8 Å². The van der Waals surface area contributed by atoms with E-state index in [9.17, 15) is 0 Å². The van der Waals surface area contributed by atoms with Crippen LogP contribution in [0.4, 0.5) is 0 Å². The van der Waals surface area contributed by atoms with Gasteiger partial charge in [-0.05, 0) is 18.4 Å². The Kier molecular flexibility index (Phi) is 6.63. The first-order chi connectivity index (χ1) is 6.15. The van der Waals surface area contributed by atoms with Gasteiger partial charge in [0.15, 0.2) is 4.90 Å². The van der Waals surface area contributed by atoms with Gasteiger partial charge in [0.25, 0.3) is 0 Å². The molecule has 1 aromatic rings. The number of nitrogens with one attached hydrogen (secondary N) is 1. The Bertz CT molecular complexity index is 317. The van der Waals surface area contributed by atoms with Gasteiger partial charge in [-0.15, -0.1) is 11.8 Å². The fourth-order valence-electron chi connectivity index (χ4n) is 0.919. The molecule has 0 saturated heterocycles. The summed E-state index contributed by atoms with van der Waals surface area (Å²) in [7, 11) is -0.249. The number of thioether (sulfide) groups is 1. The maximum Gasteiger partial charge on any atom is 0.314 e. The number of benzene rings is 1. The standard InChI is InChI=1S/C9H13N2S2.HI/c1-12-7-4-3-5-8(6-7)13(2)9(10)11;/h3-6H,1-2H3,(H3,10,11);1H/q+1;/p-1. The molecule has 0 aromatic heterocycles. The molecule has 0 aliphatic rings. The second kappa shape index (κ2) is 6.58. The minimum Gasteiger partial charge on any atom is -1.00 e. The molecular formula is C9H13IN2S2. The van der Waals surface area contributed by atoms with Crippen molar-refractivity contribution in [3.8, 4) is 0 Å². The van der Waals surface area contributed by atoms with E-state index in [1.807, 2.05) is 24.6 Å². The summed E-state index contributed by atoms with van der Waals surface area (Å²) in [5.41, 5.74) is 5.45.